The topological polar surface area (TPSA) is 46.8 Å². The molecule has 0 N–H and O–H groups in total. The Morgan fingerprint density at radius 2 is 1.63 bits per heavy atom. The predicted molar refractivity (Wildman–Crippen MR) is 158 cm³/mol. The standard InChI is InChI=1S/C32H27N3O2S/c1-3-35-31(36)30(38-32(35)33-25-15-17-26(37-2)18-16-25)19-24-21-34(29-14-7-6-13-28(24)29)20-23-11-8-10-22-9-4-5-12-27(22)23/h4-19,21H,3,20H2,1-2H3/b30-19+,33-32?. The first-order chi connectivity index (χ1) is 18.6. The van der Waals surface area contributed by atoms with E-state index < -0.39 is 0 Å². The summed E-state index contributed by atoms with van der Waals surface area (Å²) in [5.74, 6) is 0.757. The van der Waals surface area contributed by atoms with Crippen LogP contribution in [0.25, 0.3) is 27.8 Å². The van der Waals surface area contributed by atoms with E-state index in [4.69, 9.17) is 9.73 Å². The van der Waals surface area contributed by atoms with E-state index in [-0.39, 0.29) is 5.91 Å². The van der Waals surface area contributed by atoms with Crippen LogP contribution in [0, 0.1) is 0 Å². The summed E-state index contributed by atoms with van der Waals surface area (Å²) < 4.78 is 7.52. The van der Waals surface area contributed by atoms with Crippen LogP contribution >= 0.6 is 11.8 Å². The number of nitrogens with zero attached hydrogens (tertiary/aromatic N) is 3. The van der Waals surface area contributed by atoms with Gasteiger partial charge in [0.25, 0.3) is 5.91 Å². The van der Waals surface area contributed by atoms with E-state index in [9.17, 15) is 4.79 Å². The van der Waals surface area contributed by atoms with Crippen LogP contribution in [-0.2, 0) is 11.3 Å². The highest BCUT2D eigenvalue weighted by Gasteiger charge is 2.32. The second kappa shape index (κ2) is 10.2. The van der Waals surface area contributed by atoms with Crippen molar-refractivity contribution in [2.75, 3.05) is 13.7 Å². The smallest absolute Gasteiger partial charge is 0.266 e. The van der Waals surface area contributed by atoms with E-state index >= 15 is 0 Å². The minimum absolute atomic E-state index is 0.0179. The van der Waals surface area contributed by atoms with Gasteiger partial charge in [-0.3, -0.25) is 9.69 Å². The Morgan fingerprint density at radius 1 is 0.895 bits per heavy atom. The number of carbonyl (C=O) groups excluding carboxylic acids is 1. The summed E-state index contributed by atoms with van der Waals surface area (Å²) in [5, 5.41) is 4.30. The van der Waals surface area contributed by atoms with Gasteiger partial charge in [0.05, 0.1) is 17.7 Å². The highest BCUT2D eigenvalue weighted by atomic mass is 32.2. The predicted octanol–water partition coefficient (Wildman–Crippen LogP) is 7.48. The summed E-state index contributed by atoms with van der Waals surface area (Å²) in [6.07, 6.45) is 4.16. The average Bonchev–Trinajstić information content (AvgIpc) is 3.45. The molecule has 1 aliphatic rings. The fourth-order valence-electron chi connectivity index (χ4n) is 4.91. The van der Waals surface area contributed by atoms with Crippen LogP contribution in [0.3, 0.4) is 0 Å². The number of benzene rings is 4. The van der Waals surface area contributed by atoms with Crippen molar-refractivity contribution in [3.05, 3.63) is 113 Å². The number of likely N-dealkylation sites (N-methyl/N-ethyl adjacent to an activating group) is 1. The van der Waals surface area contributed by atoms with Gasteiger partial charge in [-0.25, -0.2) is 4.99 Å². The summed E-state index contributed by atoms with van der Waals surface area (Å²) in [6.45, 7) is 3.28. The zero-order chi connectivity index (χ0) is 26.1. The molecule has 0 bridgehead atoms. The molecule has 6 heteroatoms. The molecule has 0 unspecified atom stereocenters. The van der Waals surface area contributed by atoms with E-state index in [2.05, 4.69) is 71.4 Å². The lowest BCUT2D eigenvalue weighted by atomic mass is 10.0. The molecule has 188 valence electrons. The molecule has 1 fully saturated rings. The van der Waals surface area contributed by atoms with Crippen molar-refractivity contribution in [2.45, 2.75) is 13.5 Å². The fraction of sp³-hybridized carbons (Fsp3) is 0.125. The monoisotopic (exact) mass is 517 g/mol. The van der Waals surface area contributed by atoms with Crippen LogP contribution in [0.15, 0.2) is 107 Å². The van der Waals surface area contributed by atoms with Crippen molar-refractivity contribution >= 4 is 56.3 Å². The van der Waals surface area contributed by atoms with E-state index in [0.29, 0.717) is 16.6 Å². The minimum Gasteiger partial charge on any atom is -0.497 e. The number of para-hydroxylation sites is 1. The minimum atomic E-state index is -0.0179. The quantitative estimate of drug-likeness (QED) is 0.219. The zero-order valence-corrected chi connectivity index (χ0v) is 22.1. The summed E-state index contributed by atoms with van der Waals surface area (Å²) in [4.78, 5) is 20.5. The molecule has 0 radical (unpaired) electrons. The third kappa shape index (κ3) is 4.48. The fourth-order valence-corrected chi connectivity index (χ4v) is 5.97. The van der Waals surface area contributed by atoms with Crippen molar-refractivity contribution in [2.24, 2.45) is 4.99 Å². The van der Waals surface area contributed by atoms with Crippen LogP contribution in [0.4, 0.5) is 5.69 Å². The Bertz CT molecular complexity index is 1710. The maximum Gasteiger partial charge on any atom is 0.266 e. The Balaban J connectivity index is 1.37. The molecule has 38 heavy (non-hydrogen) atoms. The number of thioether (sulfide) groups is 1. The number of ether oxygens (including phenoxy) is 1. The largest absolute Gasteiger partial charge is 0.497 e. The number of aliphatic imine (C=N–C) groups is 1. The first kappa shape index (κ1) is 24.1. The number of fused-ring (bicyclic) bond motifs is 2. The van der Waals surface area contributed by atoms with Crippen molar-refractivity contribution in [1.82, 2.24) is 9.47 Å². The molecule has 0 aliphatic carbocycles. The highest BCUT2D eigenvalue weighted by Crippen LogP contribution is 2.36. The third-order valence-electron chi connectivity index (χ3n) is 6.83. The van der Waals surface area contributed by atoms with Crippen LogP contribution in [-0.4, -0.2) is 34.2 Å². The van der Waals surface area contributed by atoms with Gasteiger partial charge in [0.1, 0.15) is 5.75 Å². The number of rotatable bonds is 6. The molecule has 0 atom stereocenters. The van der Waals surface area contributed by atoms with Gasteiger partial charge in [-0.15, -0.1) is 0 Å². The third-order valence-corrected chi connectivity index (χ3v) is 7.83. The Hall–Kier alpha value is -4.29. The molecule has 1 aromatic heterocycles. The number of carbonyl (C=O) groups is 1. The Morgan fingerprint density at radius 3 is 2.42 bits per heavy atom. The molecule has 1 aliphatic heterocycles. The number of methoxy groups -OCH3 is 1. The van der Waals surface area contributed by atoms with Gasteiger partial charge in [-0.1, -0.05) is 60.7 Å². The van der Waals surface area contributed by atoms with E-state index in [1.54, 1.807) is 12.0 Å². The van der Waals surface area contributed by atoms with Crippen LogP contribution in [0.5, 0.6) is 5.75 Å². The van der Waals surface area contributed by atoms with Crippen LogP contribution < -0.4 is 4.74 Å². The van der Waals surface area contributed by atoms with Crippen LogP contribution in [0.1, 0.15) is 18.1 Å². The van der Waals surface area contributed by atoms with Gasteiger partial charge in [0.2, 0.25) is 0 Å². The summed E-state index contributed by atoms with van der Waals surface area (Å²) >= 11 is 1.42. The van der Waals surface area contributed by atoms with E-state index in [0.717, 1.165) is 34.4 Å². The number of hydrogen-bond acceptors (Lipinski definition) is 4. The van der Waals surface area contributed by atoms with Gasteiger partial charge < -0.3 is 9.30 Å². The Kier molecular flexibility index (Phi) is 6.48. The van der Waals surface area contributed by atoms with E-state index in [1.165, 1.54) is 28.1 Å². The summed E-state index contributed by atoms with van der Waals surface area (Å²) in [6, 6.07) is 30.8. The molecule has 0 spiro atoms. The van der Waals surface area contributed by atoms with Crippen molar-refractivity contribution < 1.29 is 9.53 Å². The number of amidine groups is 1. The van der Waals surface area contributed by atoms with Gasteiger partial charge in [0, 0.05) is 35.8 Å². The second-order valence-electron chi connectivity index (χ2n) is 9.12. The normalized spacial score (nSPS) is 15.8. The lowest BCUT2D eigenvalue weighted by Gasteiger charge is -2.12. The molecule has 4 aromatic carbocycles. The summed E-state index contributed by atoms with van der Waals surface area (Å²) in [7, 11) is 1.64. The first-order valence-electron chi connectivity index (χ1n) is 12.6. The number of amides is 1. The zero-order valence-electron chi connectivity index (χ0n) is 21.3. The molecule has 5 aromatic rings. The van der Waals surface area contributed by atoms with Gasteiger partial charge >= 0.3 is 0 Å². The molecular weight excluding hydrogens is 490 g/mol. The molecule has 5 nitrogen and oxygen atoms in total. The molecule has 1 saturated heterocycles. The summed E-state index contributed by atoms with van der Waals surface area (Å²) in [5.41, 5.74) is 4.22. The van der Waals surface area contributed by atoms with Gasteiger partial charge in [-0.2, -0.15) is 0 Å². The lowest BCUT2D eigenvalue weighted by Crippen LogP contribution is -2.28. The van der Waals surface area contributed by atoms with Gasteiger partial charge in [0.15, 0.2) is 5.17 Å². The average molecular weight is 518 g/mol. The Labute approximate surface area is 226 Å². The van der Waals surface area contributed by atoms with Crippen molar-refractivity contribution in [1.29, 1.82) is 0 Å². The lowest BCUT2D eigenvalue weighted by molar-refractivity contribution is -0.122. The first-order valence-corrected chi connectivity index (χ1v) is 13.4. The molecule has 6 rings (SSSR count). The molecule has 1 amide bonds. The molecule has 0 saturated carbocycles. The molecular formula is C32H27N3O2S. The van der Waals surface area contributed by atoms with E-state index in [1.807, 2.05) is 43.3 Å². The number of hydrogen-bond donors (Lipinski definition) is 0. The highest BCUT2D eigenvalue weighted by molar-refractivity contribution is 8.18. The maximum atomic E-state index is 13.4. The maximum absolute atomic E-state index is 13.4. The van der Waals surface area contributed by atoms with Gasteiger partial charge in [-0.05, 0) is 71.4 Å². The van der Waals surface area contributed by atoms with Crippen molar-refractivity contribution in [3.63, 3.8) is 0 Å². The van der Waals surface area contributed by atoms with Crippen LogP contribution in [0.2, 0.25) is 0 Å². The number of aromatic nitrogens is 1. The molecule has 2 heterocycles. The second-order valence-corrected chi connectivity index (χ2v) is 10.1. The SMILES string of the molecule is CCN1C(=O)/C(=C\c2cn(Cc3cccc4ccccc34)c3ccccc23)SC1=Nc1ccc(OC)cc1. The van der Waals surface area contributed by atoms with Crippen molar-refractivity contribution in [3.8, 4) is 5.75 Å².